The van der Waals surface area contributed by atoms with E-state index in [1.165, 1.54) is 11.9 Å². The Bertz CT molecular complexity index is 2610. The smallest absolute Gasteiger partial charge is 0.259 e. The van der Waals surface area contributed by atoms with Crippen molar-refractivity contribution < 1.29 is 23.7 Å². The molecule has 5 heterocycles. The average Bonchev–Trinajstić information content (AvgIpc) is 3.98. The van der Waals surface area contributed by atoms with Crippen LogP contribution in [0.5, 0.6) is 11.5 Å². The third kappa shape index (κ3) is 8.53. The Morgan fingerprint density at radius 1 is 0.820 bits per heavy atom. The van der Waals surface area contributed by atoms with Gasteiger partial charge >= 0.3 is 0 Å². The zero-order valence-corrected chi connectivity index (χ0v) is 34.6. The van der Waals surface area contributed by atoms with Crippen LogP contribution in [0.15, 0.2) is 114 Å². The van der Waals surface area contributed by atoms with Crippen molar-refractivity contribution in [2.45, 2.75) is 26.4 Å². The second-order valence-electron chi connectivity index (χ2n) is 15.2. The van der Waals surface area contributed by atoms with Crippen molar-refractivity contribution in [2.24, 2.45) is 4.99 Å². The molecular formula is C46H48N10O5. The Kier molecular flexibility index (Phi) is 11.7. The van der Waals surface area contributed by atoms with Gasteiger partial charge in [0.25, 0.3) is 5.91 Å². The van der Waals surface area contributed by atoms with E-state index in [-0.39, 0.29) is 5.91 Å². The number of benzene rings is 4. The summed E-state index contributed by atoms with van der Waals surface area (Å²) < 4.78 is 24.1. The Balaban J connectivity index is 0.866. The topological polar surface area (TPSA) is 145 Å². The highest BCUT2D eigenvalue weighted by Gasteiger charge is 2.41. The van der Waals surface area contributed by atoms with Crippen molar-refractivity contribution in [1.82, 2.24) is 39.7 Å². The predicted molar refractivity (Wildman–Crippen MR) is 232 cm³/mol. The van der Waals surface area contributed by atoms with Crippen molar-refractivity contribution in [2.75, 3.05) is 72.1 Å². The number of aliphatic imine (C=N–C) groups is 1. The van der Waals surface area contributed by atoms with Gasteiger partial charge in [0.2, 0.25) is 5.96 Å². The summed E-state index contributed by atoms with van der Waals surface area (Å²) in [6.45, 7) is 7.96. The van der Waals surface area contributed by atoms with Crippen molar-refractivity contribution in [1.29, 1.82) is 0 Å². The van der Waals surface area contributed by atoms with Gasteiger partial charge in [-0.25, -0.2) is 14.6 Å². The fraction of sp³-hybridized carbons (Fsp3) is 0.304. The number of anilines is 2. The average molecular weight is 821 g/mol. The highest BCUT2D eigenvalue weighted by molar-refractivity contribution is 6.10. The summed E-state index contributed by atoms with van der Waals surface area (Å²) >= 11 is 0. The van der Waals surface area contributed by atoms with E-state index in [1.54, 1.807) is 18.9 Å². The van der Waals surface area contributed by atoms with Crippen LogP contribution in [-0.4, -0.2) is 118 Å². The maximum absolute atomic E-state index is 14.1. The largest absolute Gasteiger partial charge is 0.487 e. The lowest BCUT2D eigenvalue weighted by atomic mass is 9.99. The first-order valence-corrected chi connectivity index (χ1v) is 20.5. The molecule has 0 fully saturated rings. The van der Waals surface area contributed by atoms with Gasteiger partial charge in [-0.05, 0) is 53.9 Å². The van der Waals surface area contributed by atoms with Crippen LogP contribution in [0.3, 0.4) is 0 Å². The van der Waals surface area contributed by atoms with Gasteiger partial charge < -0.3 is 29.2 Å². The van der Waals surface area contributed by atoms with Gasteiger partial charge in [0.1, 0.15) is 31.1 Å². The van der Waals surface area contributed by atoms with Gasteiger partial charge in [-0.1, -0.05) is 53.7 Å². The van der Waals surface area contributed by atoms with Crippen LogP contribution in [0.25, 0.3) is 27.8 Å². The van der Waals surface area contributed by atoms with Gasteiger partial charge in [-0.15, -0.1) is 5.10 Å². The minimum atomic E-state index is 0.0674. The maximum atomic E-state index is 14.1. The third-order valence-corrected chi connectivity index (χ3v) is 11.2. The first-order valence-electron chi connectivity index (χ1n) is 20.5. The summed E-state index contributed by atoms with van der Waals surface area (Å²) in [5.41, 5.74) is 9.53. The number of carbonyl (C=O) groups excluding carboxylic acids is 1. The number of amides is 1. The molecule has 0 saturated carbocycles. The second-order valence-corrected chi connectivity index (χ2v) is 15.2. The van der Waals surface area contributed by atoms with Crippen LogP contribution in [0.4, 0.5) is 11.5 Å². The molecule has 1 N–H and O–H groups in total. The van der Waals surface area contributed by atoms with Gasteiger partial charge in [0.15, 0.2) is 11.5 Å². The maximum Gasteiger partial charge on any atom is 0.259 e. The number of aryl methyl sites for hydroxylation is 1. The van der Waals surface area contributed by atoms with Gasteiger partial charge in [0.05, 0.1) is 49.3 Å². The number of nitrogens with one attached hydrogen (secondary N) is 1. The number of carbonyl (C=O) groups is 1. The zero-order valence-electron chi connectivity index (χ0n) is 34.6. The minimum Gasteiger partial charge on any atom is -0.487 e. The molecule has 61 heavy (non-hydrogen) atoms. The van der Waals surface area contributed by atoms with Crippen LogP contribution in [0, 0.1) is 6.92 Å². The van der Waals surface area contributed by atoms with Crippen molar-refractivity contribution >= 4 is 34.3 Å². The lowest BCUT2D eigenvalue weighted by Gasteiger charge is -2.42. The molecule has 15 nitrogen and oxygen atoms in total. The molecule has 3 aliphatic heterocycles. The Hall–Kier alpha value is -6.68. The molecular weight excluding hydrogens is 773 g/mol. The van der Waals surface area contributed by atoms with E-state index in [4.69, 9.17) is 23.9 Å². The summed E-state index contributed by atoms with van der Waals surface area (Å²) in [6, 6.07) is 28.3. The highest BCUT2D eigenvalue weighted by atomic mass is 16.5. The fourth-order valence-electron chi connectivity index (χ4n) is 8.00. The molecule has 15 heteroatoms. The first kappa shape index (κ1) is 39.8. The van der Waals surface area contributed by atoms with E-state index >= 15 is 0 Å². The van der Waals surface area contributed by atoms with Gasteiger partial charge in [0, 0.05) is 75.2 Å². The summed E-state index contributed by atoms with van der Waals surface area (Å²) in [5, 5.41) is 13.2. The lowest BCUT2D eigenvalue weighted by Crippen LogP contribution is -2.53. The van der Waals surface area contributed by atoms with Crippen LogP contribution in [-0.2, 0) is 27.4 Å². The number of fused-ring (bicyclic) bond motifs is 3. The number of methoxy groups -OCH3 is 2. The van der Waals surface area contributed by atoms with E-state index < -0.39 is 0 Å². The summed E-state index contributed by atoms with van der Waals surface area (Å²) in [7, 11) is 3.26. The molecule has 6 aromatic rings. The minimum absolute atomic E-state index is 0.0674. The molecule has 0 atom stereocenters. The van der Waals surface area contributed by atoms with E-state index in [9.17, 15) is 4.79 Å². The summed E-state index contributed by atoms with van der Waals surface area (Å²) in [6.07, 6.45) is 4.27. The molecule has 9 rings (SSSR count). The molecule has 0 aliphatic carbocycles. The number of hydrogen-bond acceptors (Lipinski definition) is 13. The number of rotatable bonds is 16. The van der Waals surface area contributed by atoms with Crippen LogP contribution < -0.4 is 14.8 Å². The Labute approximate surface area is 354 Å². The summed E-state index contributed by atoms with van der Waals surface area (Å²) in [4.78, 5) is 34.4. The third-order valence-electron chi connectivity index (χ3n) is 11.2. The Morgan fingerprint density at radius 2 is 1.62 bits per heavy atom. The SMILES string of the molecule is COCCOc1cc2ncnc(Nc3cccc(-c4cn(-c5ccc(CN6CCC7=C(C6)C(=O)N(Cc6ccccc6C)C6=NCCN67)cc5)nn4)c3)c2cc1OCCOC. The van der Waals surface area contributed by atoms with Crippen molar-refractivity contribution in [3.05, 3.63) is 125 Å². The Morgan fingerprint density at radius 3 is 2.43 bits per heavy atom. The molecule has 3 aliphatic rings. The van der Waals surface area contributed by atoms with E-state index in [2.05, 4.69) is 78.7 Å². The number of nitrogens with zero attached hydrogens (tertiary/aromatic N) is 9. The first-order chi connectivity index (χ1) is 29.9. The molecule has 0 saturated heterocycles. The molecule has 4 aromatic carbocycles. The van der Waals surface area contributed by atoms with Crippen molar-refractivity contribution in [3.63, 3.8) is 0 Å². The molecule has 0 unspecified atom stereocenters. The molecule has 0 bridgehead atoms. The lowest BCUT2D eigenvalue weighted by molar-refractivity contribution is -0.125. The van der Waals surface area contributed by atoms with Crippen molar-refractivity contribution in [3.8, 4) is 28.4 Å². The van der Waals surface area contributed by atoms with Crippen LogP contribution in [0.1, 0.15) is 23.1 Å². The standard InChI is InChI=1S/C46H48N10O5/c1-31-7-4-5-8-34(31)27-55-45(57)38-28-53(17-15-41(38)54-18-16-47-46(54)55)26-32-11-13-36(14-12-32)56-29-40(51-52-56)33-9-6-10-35(23-33)50-44-37-24-42(60-21-19-58-2)43(61-22-20-59-3)25-39(37)48-30-49-44/h4-14,23-25,29-30H,15-22,26-28H2,1-3H3,(H,48,49,50). The number of hydrogen-bond donors (Lipinski definition) is 1. The predicted octanol–water partition coefficient (Wildman–Crippen LogP) is 6.15. The van der Waals surface area contributed by atoms with E-state index in [1.807, 2.05) is 59.6 Å². The second kappa shape index (κ2) is 17.9. The van der Waals surface area contributed by atoms with E-state index in [0.717, 1.165) is 82.4 Å². The molecule has 2 aromatic heterocycles. The highest BCUT2D eigenvalue weighted by Crippen LogP contribution is 2.36. The molecule has 0 spiro atoms. The van der Waals surface area contributed by atoms with Gasteiger partial charge in [-0.2, -0.15) is 0 Å². The summed E-state index contributed by atoms with van der Waals surface area (Å²) in [5.74, 6) is 2.62. The molecule has 0 radical (unpaired) electrons. The molecule has 312 valence electrons. The molecule has 1 amide bonds. The number of aromatic nitrogens is 5. The number of ether oxygens (including phenoxy) is 4. The van der Waals surface area contributed by atoms with Crippen LogP contribution in [0.2, 0.25) is 0 Å². The van der Waals surface area contributed by atoms with Crippen LogP contribution >= 0.6 is 0 Å². The monoisotopic (exact) mass is 820 g/mol. The normalized spacial score (nSPS) is 15.3. The zero-order chi connectivity index (χ0) is 41.7. The fourth-order valence-corrected chi connectivity index (χ4v) is 8.00. The van der Waals surface area contributed by atoms with E-state index in [0.29, 0.717) is 68.9 Å². The van der Waals surface area contributed by atoms with Gasteiger partial charge in [-0.3, -0.25) is 19.6 Å². The quantitative estimate of drug-likeness (QED) is 0.112. The number of guanidine groups is 1.